The Hall–Kier alpha value is -0.0800. The number of hydrogen-bond acceptors (Lipinski definition) is 2. The molecular formula is C19H38N2. The van der Waals surface area contributed by atoms with Gasteiger partial charge in [0.15, 0.2) is 0 Å². The highest BCUT2D eigenvalue weighted by Gasteiger charge is 2.39. The van der Waals surface area contributed by atoms with E-state index in [2.05, 4.69) is 51.8 Å². The first-order valence-electron chi connectivity index (χ1n) is 9.30. The second kappa shape index (κ2) is 7.00. The third-order valence-corrected chi connectivity index (χ3v) is 6.34. The Kier molecular flexibility index (Phi) is 5.76. The summed E-state index contributed by atoms with van der Waals surface area (Å²) in [5, 5.41) is 3.79. The van der Waals surface area contributed by atoms with Crippen LogP contribution in [0.1, 0.15) is 67.2 Å². The third-order valence-electron chi connectivity index (χ3n) is 6.34. The van der Waals surface area contributed by atoms with Gasteiger partial charge in [-0.1, -0.05) is 41.5 Å². The Morgan fingerprint density at radius 1 is 1.05 bits per heavy atom. The molecule has 0 amide bonds. The van der Waals surface area contributed by atoms with Crippen molar-refractivity contribution in [2.24, 2.45) is 23.2 Å². The number of nitrogens with one attached hydrogen (secondary N) is 1. The van der Waals surface area contributed by atoms with Crippen LogP contribution in [0, 0.1) is 23.2 Å². The summed E-state index contributed by atoms with van der Waals surface area (Å²) in [6, 6.07) is 1.48. The first-order chi connectivity index (χ1) is 9.82. The van der Waals surface area contributed by atoms with Gasteiger partial charge in [-0.25, -0.2) is 0 Å². The van der Waals surface area contributed by atoms with Gasteiger partial charge < -0.3 is 5.32 Å². The van der Waals surface area contributed by atoms with Gasteiger partial charge in [0, 0.05) is 18.6 Å². The molecule has 1 aliphatic heterocycles. The van der Waals surface area contributed by atoms with Crippen molar-refractivity contribution >= 4 is 0 Å². The molecule has 2 heteroatoms. The predicted molar refractivity (Wildman–Crippen MR) is 92.6 cm³/mol. The standard InChI is InChI=1S/C19H38N2/c1-7-20-17-9-8-16(19(4,5)6)12-18(17)21-11-10-14(2)15(3)13-21/h14-18,20H,7-13H2,1-6H3. The summed E-state index contributed by atoms with van der Waals surface area (Å²) in [4.78, 5) is 2.83. The molecule has 0 aromatic heterocycles. The molecule has 2 fully saturated rings. The van der Waals surface area contributed by atoms with E-state index in [0.717, 1.165) is 30.3 Å². The highest BCUT2D eigenvalue weighted by atomic mass is 15.2. The predicted octanol–water partition coefficient (Wildman–Crippen LogP) is 4.16. The minimum absolute atomic E-state index is 0.462. The number of likely N-dealkylation sites (N-methyl/N-ethyl adjacent to an activating group) is 1. The molecule has 0 aromatic carbocycles. The SMILES string of the molecule is CCNC1CCC(C(C)(C)C)CC1N1CCC(C)C(C)C1. The number of piperidine rings is 1. The molecule has 1 aliphatic carbocycles. The molecule has 0 radical (unpaired) electrons. The van der Waals surface area contributed by atoms with Crippen LogP contribution in [0.25, 0.3) is 0 Å². The first-order valence-corrected chi connectivity index (χ1v) is 9.30. The zero-order valence-electron chi connectivity index (χ0n) is 15.3. The van der Waals surface area contributed by atoms with E-state index in [0.29, 0.717) is 11.5 Å². The zero-order valence-corrected chi connectivity index (χ0v) is 15.3. The molecule has 0 bridgehead atoms. The molecular weight excluding hydrogens is 256 g/mol. The van der Waals surface area contributed by atoms with E-state index in [1.54, 1.807) is 0 Å². The van der Waals surface area contributed by atoms with E-state index >= 15 is 0 Å². The van der Waals surface area contributed by atoms with Crippen molar-refractivity contribution < 1.29 is 0 Å². The fraction of sp³-hybridized carbons (Fsp3) is 1.00. The largest absolute Gasteiger partial charge is 0.313 e. The van der Waals surface area contributed by atoms with Crippen LogP contribution in [0.3, 0.4) is 0 Å². The van der Waals surface area contributed by atoms with Crippen molar-refractivity contribution in [1.82, 2.24) is 10.2 Å². The number of nitrogens with zero attached hydrogens (tertiary/aromatic N) is 1. The Labute approximate surface area is 133 Å². The summed E-state index contributed by atoms with van der Waals surface area (Å²) in [6.07, 6.45) is 5.54. The Morgan fingerprint density at radius 3 is 2.33 bits per heavy atom. The Morgan fingerprint density at radius 2 is 1.76 bits per heavy atom. The summed E-state index contributed by atoms with van der Waals surface area (Å²) in [5.41, 5.74) is 0.462. The lowest BCUT2D eigenvalue weighted by Gasteiger charge is -2.49. The normalized spacial score (nSPS) is 39.4. The molecule has 1 saturated carbocycles. The Balaban J connectivity index is 2.07. The van der Waals surface area contributed by atoms with Gasteiger partial charge in [0.05, 0.1) is 0 Å². The van der Waals surface area contributed by atoms with E-state index in [-0.39, 0.29) is 0 Å². The van der Waals surface area contributed by atoms with Gasteiger partial charge in [-0.05, 0) is 61.9 Å². The van der Waals surface area contributed by atoms with E-state index < -0.39 is 0 Å². The lowest BCUT2D eigenvalue weighted by molar-refractivity contribution is 0.0229. The van der Waals surface area contributed by atoms with E-state index in [1.165, 1.54) is 38.8 Å². The van der Waals surface area contributed by atoms with Gasteiger partial charge in [0.1, 0.15) is 0 Å². The van der Waals surface area contributed by atoms with Gasteiger partial charge in [-0.2, -0.15) is 0 Å². The summed E-state index contributed by atoms with van der Waals surface area (Å²) in [6.45, 7) is 18.2. The quantitative estimate of drug-likeness (QED) is 0.841. The van der Waals surface area contributed by atoms with Crippen LogP contribution >= 0.6 is 0 Å². The average Bonchev–Trinajstić information content (AvgIpc) is 2.41. The second-order valence-electron chi connectivity index (χ2n) is 8.85. The zero-order chi connectivity index (χ0) is 15.6. The van der Waals surface area contributed by atoms with Crippen molar-refractivity contribution in [2.45, 2.75) is 79.3 Å². The molecule has 2 aliphatic rings. The molecule has 1 N–H and O–H groups in total. The third kappa shape index (κ3) is 4.22. The molecule has 5 unspecified atom stereocenters. The summed E-state index contributed by atoms with van der Waals surface area (Å²) in [5.74, 6) is 2.64. The number of rotatable bonds is 3. The molecule has 0 spiro atoms. The van der Waals surface area contributed by atoms with E-state index in [1.807, 2.05) is 0 Å². The topological polar surface area (TPSA) is 15.3 Å². The van der Waals surface area contributed by atoms with Crippen LogP contribution in [0.2, 0.25) is 0 Å². The van der Waals surface area contributed by atoms with Crippen LogP contribution in [-0.4, -0.2) is 36.6 Å². The molecule has 0 aromatic rings. The maximum absolute atomic E-state index is 3.79. The molecule has 124 valence electrons. The lowest BCUT2D eigenvalue weighted by atomic mass is 9.69. The summed E-state index contributed by atoms with van der Waals surface area (Å²) >= 11 is 0. The summed E-state index contributed by atoms with van der Waals surface area (Å²) in [7, 11) is 0. The number of hydrogen-bond donors (Lipinski definition) is 1. The van der Waals surface area contributed by atoms with Crippen molar-refractivity contribution in [1.29, 1.82) is 0 Å². The van der Waals surface area contributed by atoms with Crippen LogP contribution in [-0.2, 0) is 0 Å². The fourth-order valence-electron chi connectivity index (χ4n) is 4.43. The molecule has 2 nitrogen and oxygen atoms in total. The maximum Gasteiger partial charge on any atom is 0.0252 e. The molecule has 1 saturated heterocycles. The van der Waals surface area contributed by atoms with E-state index in [9.17, 15) is 0 Å². The van der Waals surface area contributed by atoms with Crippen molar-refractivity contribution in [3.8, 4) is 0 Å². The van der Waals surface area contributed by atoms with Crippen molar-refractivity contribution in [2.75, 3.05) is 19.6 Å². The van der Waals surface area contributed by atoms with Crippen LogP contribution in [0.4, 0.5) is 0 Å². The lowest BCUT2D eigenvalue weighted by Crippen LogP contribution is -2.57. The van der Waals surface area contributed by atoms with Gasteiger partial charge in [-0.15, -0.1) is 0 Å². The van der Waals surface area contributed by atoms with Crippen LogP contribution < -0.4 is 5.32 Å². The van der Waals surface area contributed by atoms with Crippen LogP contribution in [0.15, 0.2) is 0 Å². The Bertz CT molecular complexity index is 320. The average molecular weight is 295 g/mol. The smallest absolute Gasteiger partial charge is 0.0252 e. The van der Waals surface area contributed by atoms with Crippen molar-refractivity contribution in [3.05, 3.63) is 0 Å². The van der Waals surface area contributed by atoms with Gasteiger partial charge in [-0.3, -0.25) is 4.90 Å². The van der Waals surface area contributed by atoms with Gasteiger partial charge >= 0.3 is 0 Å². The minimum atomic E-state index is 0.462. The highest BCUT2D eigenvalue weighted by molar-refractivity contribution is 4.95. The fourth-order valence-corrected chi connectivity index (χ4v) is 4.43. The molecule has 1 heterocycles. The van der Waals surface area contributed by atoms with Crippen molar-refractivity contribution in [3.63, 3.8) is 0 Å². The first kappa shape index (κ1) is 17.3. The highest BCUT2D eigenvalue weighted by Crippen LogP contribution is 2.40. The van der Waals surface area contributed by atoms with Gasteiger partial charge in [0.25, 0.3) is 0 Å². The summed E-state index contributed by atoms with van der Waals surface area (Å²) < 4.78 is 0. The molecule has 21 heavy (non-hydrogen) atoms. The second-order valence-corrected chi connectivity index (χ2v) is 8.85. The van der Waals surface area contributed by atoms with E-state index in [4.69, 9.17) is 0 Å². The van der Waals surface area contributed by atoms with Crippen LogP contribution in [0.5, 0.6) is 0 Å². The minimum Gasteiger partial charge on any atom is -0.313 e. The maximum atomic E-state index is 3.79. The number of likely N-dealkylation sites (tertiary alicyclic amines) is 1. The molecule has 5 atom stereocenters. The monoisotopic (exact) mass is 294 g/mol. The van der Waals surface area contributed by atoms with Gasteiger partial charge in [0.2, 0.25) is 0 Å². The molecule has 2 rings (SSSR count).